The number of aromatic hydroxyl groups is 1. The number of carbonyl (C=O) groups is 3. The van der Waals surface area contributed by atoms with E-state index in [0.717, 1.165) is 6.07 Å². The largest absolute Gasteiger partial charge is 0.506 e. The van der Waals surface area contributed by atoms with Gasteiger partial charge in [0.2, 0.25) is 0 Å². The van der Waals surface area contributed by atoms with Gasteiger partial charge in [-0.25, -0.2) is 0 Å². The number of phenols is 1. The Kier molecular flexibility index (Phi) is 3.98. The van der Waals surface area contributed by atoms with Crippen molar-refractivity contribution in [3.8, 4) is 5.75 Å². The summed E-state index contributed by atoms with van der Waals surface area (Å²) in [6.45, 7) is 0. The van der Waals surface area contributed by atoms with Crippen LogP contribution in [0.15, 0.2) is 6.07 Å². The lowest BCUT2D eigenvalue weighted by Gasteiger charge is -2.10. The smallest absolute Gasteiger partial charge is 0.258 e. The van der Waals surface area contributed by atoms with Crippen molar-refractivity contribution in [3.63, 3.8) is 0 Å². The Balaban J connectivity index is 3.76. The topological polar surface area (TPSA) is 97.5 Å². The Bertz CT molecular complexity index is 503. The van der Waals surface area contributed by atoms with Crippen molar-refractivity contribution in [2.75, 3.05) is 5.73 Å². The van der Waals surface area contributed by atoms with Crippen molar-refractivity contribution in [2.24, 2.45) is 0 Å². The molecule has 0 fully saturated rings. The van der Waals surface area contributed by atoms with Crippen LogP contribution in [0.4, 0.5) is 5.69 Å². The van der Waals surface area contributed by atoms with Crippen molar-refractivity contribution in [2.45, 2.75) is 0 Å². The molecule has 0 saturated carbocycles. The molecular formula is C9H4Cl3NO4. The fraction of sp³-hybridized carbons (Fsp3) is 0. The van der Waals surface area contributed by atoms with E-state index < -0.39 is 38.3 Å². The number of carbonyl (C=O) groups excluding carboxylic acids is 3. The number of hydrogen-bond acceptors (Lipinski definition) is 5. The Labute approximate surface area is 110 Å². The van der Waals surface area contributed by atoms with Crippen LogP contribution in [-0.4, -0.2) is 20.8 Å². The lowest BCUT2D eigenvalue weighted by molar-refractivity contribution is 0.107. The normalized spacial score (nSPS) is 10.1. The molecule has 1 aromatic carbocycles. The van der Waals surface area contributed by atoms with Gasteiger partial charge in [-0.3, -0.25) is 14.4 Å². The highest BCUT2D eigenvalue weighted by molar-refractivity contribution is 6.71. The first-order valence-corrected chi connectivity index (χ1v) is 5.15. The minimum atomic E-state index is -1.14. The number of nitrogen functional groups attached to an aromatic ring is 1. The average Bonchev–Trinajstić information content (AvgIpc) is 2.15. The molecule has 90 valence electrons. The highest BCUT2D eigenvalue weighted by Crippen LogP contribution is 2.34. The molecule has 0 unspecified atom stereocenters. The molecule has 3 N–H and O–H groups in total. The minimum Gasteiger partial charge on any atom is -0.506 e. The van der Waals surface area contributed by atoms with Gasteiger partial charge in [-0.15, -0.1) is 0 Å². The van der Waals surface area contributed by atoms with Crippen LogP contribution in [0, 0.1) is 0 Å². The lowest BCUT2D eigenvalue weighted by atomic mass is 10.0. The molecule has 0 saturated heterocycles. The summed E-state index contributed by atoms with van der Waals surface area (Å²) >= 11 is 15.5. The second kappa shape index (κ2) is 4.91. The highest BCUT2D eigenvalue weighted by Gasteiger charge is 2.25. The third kappa shape index (κ3) is 2.52. The number of hydrogen-bond donors (Lipinski definition) is 2. The van der Waals surface area contributed by atoms with Crippen LogP contribution in [0.5, 0.6) is 5.75 Å². The van der Waals surface area contributed by atoms with Gasteiger partial charge >= 0.3 is 0 Å². The Morgan fingerprint density at radius 1 is 1.00 bits per heavy atom. The second-order valence-electron chi connectivity index (χ2n) is 2.93. The van der Waals surface area contributed by atoms with E-state index in [1.54, 1.807) is 0 Å². The summed E-state index contributed by atoms with van der Waals surface area (Å²) in [7, 11) is 0. The van der Waals surface area contributed by atoms with E-state index in [0.29, 0.717) is 0 Å². The molecular weight excluding hydrogens is 292 g/mol. The van der Waals surface area contributed by atoms with Crippen LogP contribution >= 0.6 is 34.8 Å². The Morgan fingerprint density at radius 2 is 1.47 bits per heavy atom. The van der Waals surface area contributed by atoms with Gasteiger partial charge in [-0.2, -0.15) is 0 Å². The molecule has 8 heteroatoms. The summed E-state index contributed by atoms with van der Waals surface area (Å²) in [5.41, 5.74) is 3.62. The molecule has 1 rings (SSSR count). The molecule has 17 heavy (non-hydrogen) atoms. The molecule has 0 atom stereocenters. The molecule has 1 aromatic rings. The van der Waals surface area contributed by atoms with Crippen molar-refractivity contribution in [3.05, 3.63) is 22.8 Å². The first kappa shape index (κ1) is 13.8. The zero-order chi connectivity index (χ0) is 13.3. The Morgan fingerprint density at radius 3 is 1.82 bits per heavy atom. The Hall–Kier alpha value is -1.30. The number of nitrogens with two attached hydrogens (primary N) is 1. The molecule has 5 nitrogen and oxygen atoms in total. The molecule has 0 aliphatic carbocycles. The van der Waals surface area contributed by atoms with Gasteiger partial charge in [0.15, 0.2) is 0 Å². The third-order valence-electron chi connectivity index (χ3n) is 1.96. The van der Waals surface area contributed by atoms with E-state index in [-0.39, 0.29) is 5.56 Å². The summed E-state index contributed by atoms with van der Waals surface area (Å²) < 4.78 is 0. The van der Waals surface area contributed by atoms with E-state index in [1.165, 1.54) is 0 Å². The second-order valence-corrected chi connectivity index (χ2v) is 3.96. The van der Waals surface area contributed by atoms with Gasteiger partial charge in [0.1, 0.15) is 11.3 Å². The number of benzene rings is 1. The van der Waals surface area contributed by atoms with E-state index in [9.17, 15) is 19.5 Å². The zero-order valence-corrected chi connectivity index (χ0v) is 10.2. The number of rotatable bonds is 3. The van der Waals surface area contributed by atoms with Crippen molar-refractivity contribution in [1.29, 1.82) is 0 Å². The van der Waals surface area contributed by atoms with Gasteiger partial charge in [0.05, 0.1) is 16.8 Å². The van der Waals surface area contributed by atoms with E-state index >= 15 is 0 Å². The predicted octanol–water partition coefficient (Wildman–Crippen LogP) is 2.11. The van der Waals surface area contributed by atoms with Gasteiger partial charge in [-0.05, 0) is 40.9 Å². The summed E-state index contributed by atoms with van der Waals surface area (Å²) in [5.74, 6) is -0.788. The summed E-state index contributed by atoms with van der Waals surface area (Å²) in [5, 5.41) is 6.34. The molecule has 0 aromatic heterocycles. The molecule has 0 amide bonds. The maximum absolute atomic E-state index is 11.1. The molecule has 0 aliphatic heterocycles. The molecule has 0 heterocycles. The van der Waals surface area contributed by atoms with Crippen LogP contribution in [0.1, 0.15) is 31.1 Å². The van der Waals surface area contributed by atoms with Crippen LogP contribution in [0.2, 0.25) is 0 Å². The maximum Gasteiger partial charge on any atom is 0.258 e. The summed E-state index contributed by atoms with van der Waals surface area (Å²) in [4.78, 5) is 33.1. The monoisotopic (exact) mass is 295 g/mol. The zero-order valence-electron chi connectivity index (χ0n) is 7.96. The van der Waals surface area contributed by atoms with Gasteiger partial charge < -0.3 is 10.8 Å². The first-order chi connectivity index (χ1) is 7.77. The van der Waals surface area contributed by atoms with Crippen molar-refractivity contribution >= 4 is 56.2 Å². The maximum atomic E-state index is 11.1. The van der Waals surface area contributed by atoms with Gasteiger partial charge in [0, 0.05) is 0 Å². The van der Waals surface area contributed by atoms with Crippen LogP contribution in [-0.2, 0) is 0 Å². The fourth-order valence-corrected chi connectivity index (χ4v) is 1.69. The van der Waals surface area contributed by atoms with E-state index in [4.69, 9.17) is 40.5 Å². The summed E-state index contributed by atoms with van der Waals surface area (Å²) in [6.07, 6.45) is 0. The van der Waals surface area contributed by atoms with Crippen LogP contribution in [0.3, 0.4) is 0 Å². The summed E-state index contributed by atoms with van der Waals surface area (Å²) in [6, 6.07) is 0.888. The molecule has 0 spiro atoms. The SMILES string of the molecule is Nc1c(C(=O)Cl)cc(C(=O)Cl)c(O)c1C(=O)Cl. The van der Waals surface area contributed by atoms with E-state index in [1.807, 2.05) is 0 Å². The number of phenolic OH excluding ortho intramolecular Hbond substituents is 1. The van der Waals surface area contributed by atoms with Crippen LogP contribution < -0.4 is 5.73 Å². The fourth-order valence-electron chi connectivity index (χ4n) is 1.20. The van der Waals surface area contributed by atoms with E-state index in [2.05, 4.69) is 0 Å². The lowest BCUT2D eigenvalue weighted by Crippen LogP contribution is -2.08. The quantitative estimate of drug-likeness (QED) is 0.657. The standard InChI is InChI=1S/C9H4Cl3NO4/c10-7(15)2-1-3(8(11)16)6(14)4(5(2)13)9(12)17/h1,14H,13H2. The minimum absolute atomic E-state index is 0.336. The number of halogens is 3. The van der Waals surface area contributed by atoms with Gasteiger partial charge in [-0.1, -0.05) is 0 Å². The van der Waals surface area contributed by atoms with Crippen molar-refractivity contribution in [1.82, 2.24) is 0 Å². The first-order valence-electron chi connectivity index (χ1n) is 4.02. The van der Waals surface area contributed by atoms with Crippen LogP contribution in [0.25, 0.3) is 0 Å². The molecule has 0 radical (unpaired) electrons. The third-order valence-corrected chi connectivity index (χ3v) is 2.56. The van der Waals surface area contributed by atoms with Crippen molar-refractivity contribution < 1.29 is 19.5 Å². The van der Waals surface area contributed by atoms with Gasteiger partial charge in [0.25, 0.3) is 15.7 Å². The molecule has 0 bridgehead atoms. The average molecular weight is 296 g/mol. The number of anilines is 1. The predicted molar refractivity (Wildman–Crippen MR) is 63.1 cm³/mol. The highest BCUT2D eigenvalue weighted by atomic mass is 35.5. The molecule has 0 aliphatic rings.